The van der Waals surface area contributed by atoms with Crippen molar-refractivity contribution in [1.29, 1.82) is 0 Å². The predicted octanol–water partition coefficient (Wildman–Crippen LogP) is 0.235. The van der Waals surface area contributed by atoms with Gasteiger partial charge in [0.25, 0.3) is 0 Å². The maximum absolute atomic E-state index is 11.5. The Bertz CT molecular complexity index is 628. The molecular weight excluding hydrogens is 445 g/mol. The second kappa shape index (κ2) is 10.2. The monoisotopic (exact) mass is 473 g/mol. The number of nitrogens with zero attached hydrogens (tertiary/aromatic N) is 3. The Hall–Kier alpha value is -0.880. The minimum absolute atomic E-state index is 0. The summed E-state index contributed by atoms with van der Waals surface area (Å²) in [5.41, 5.74) is -0.472. The van der Waals surface area contributed by atoms with Crippen LogP contribution in [0.5, 0.6) is 0 Å². The molecular formula is C14H28IN5O3S. The first-order valence-corrected chi connectivity index (χ1v) is 9.46. The molecule has 0 amide bonds. The van der Waals surface area contributed by atoms with Gasteiger partial charge in [0, 0.05) is 37.7 Å². The van der Waals surface area contributed by atoms with E-state index in [1.54, 1.807) is 38.0 Å². The first-order valence-electron chi connectivity index (χ1n) is 7.64. The molecule has 1 atom stereocenters. The van der Waals surface area contributed by atoms with Gasteiger partial charge in [-0.15, -0.1) is 24.0 Å². The Kier molecular flexibility index (Phi) is 9.81. The molecule has 1 aromatic rings. The highest BCUT2D eigenvalue weighted by atomic mass is 127. The molecule has 1 heterocycles. The zero-order chi connectivity index (χ0) is 17.5. The molecule has 0 saturated carbocycles. The van der Waals surface area contributed by atoms with Gasteiger partial charge in [0.15, 0.2) is 15.8 Å². The van der Waals surface area contributed by atoms with Gasteiger partial charge in [0.1, 0.15) is 5.60 Å². The van der Waals surface area contributed by atoms with E-state index in [0.29, 0.717) is 18.1 Å². The largest absolute Gasteiger partial charge is 0.383 e. The van der Waals surface area contributed by atoms with Crippen molar-refractivity contribution in [2.24, 2.45) is 12.0 Å². The molecule has 0 aliphatic carbocycles. The topological polar surface area (TPSA) is 109 Å². The third-order valence-corrected chi connectivity index (χ3v) is 5.07. The second-order valence-corrected chi connectivity index (χ2v) is 8.01. The van der Waals surface area contributed by atoms with E-state index < -0.39 is 15.4 Å². The Labute approximate surface area is 161 Å². The number of aryl methyl sites for hydroxylation is 1. The number of sulfone groups is 1. The molecule has 0 radical (unpaired) electrons. The van der Waals surface area contributed by atoms with Crippen molar-refractivity contribution in [3.63, 3.8) is 0 Å². The Morgan fingerprint density at radius 2 is 2.08 bits per heavy atom. The molecule has 0 saturated heterocycles. The van der Waals surface area contributed by atoms with Crippen LogP contribution in [0.3, 0.4) is 0 Å². The maximum Gasteiger partial charge on any atom is 0.191 e. The number of nitrogens with one attached hydrogen (secondary N) is 2. The van der Waals surface area contributed by atoms with Crippen LogP contribution >= 0.6 is 24.0 Å². The molecule has 0 spiro atoms. The van der Waals surface area contributed by atoms with Gasteiger partial charge >= 0.3 is 0 Å². The van der Waals surface area contributed by atoms with Crippen LogP contribution in [0, 0.1) is 0 Å². The van der Waals surface area contributed by atoms with Crippen molar-refractivity contribution in [2.45, 2.75) is 26.4 Å². The zero-order valence-electron chi connectivity index (χ0n) is 14.6. The van der Waals surface area contributed by atoms with E-state index in [-0.39, 0.29) is 48.6 Å². The molecule has 1 rings (SSSR count). The first kappa shape index (κ1) is 23.1. The summed E-state index contributed by atoms with van der Waals surface area (Å²) in [7, 11) is -1.24. The number of hydrogen-bond acceptors (Lipinski definition) is 5. The molecule has 0 bridgehead atoms. The molecule has 0 aliphatic rings. The summed E-state index contributed by atoms with van der Waals surface area (Å²) in [4.78, 5) is 4.33. The van der Waals surface area contributed by atoms with E-state index >= 15 is 0 Å². The summed E-state index contributed by atoms with van der Waals surface area (Å²) in [6.45, 7) is 6.25. The van der Waals surface area contributed by atoms with E-state index in [9.17, 15) is 13.5 Å². The summed E-state index contributed by atoms with van der Waals surface area (Å²) in [6.07, 6.45) is 3.34. The van der Waals surface area contributed by atoms with Gasteiger partial charge in [-0.05, 0) is 13.8 Å². The lowest BCUT2D eigenvalue weighted by molar-refractivity contribution is 0.0672. The minimum Gasteiger partial charge on any atom is -0.383 e. The van der Waals surface area contributed by atoms with Crippen LogP contribution in [0.15, 0.2) is 17.4 Å². The van der Waals surface area contributed by atoms with Crippen molar-refractivity contribution in [2.75, 3.05) is 31.1 Å². The van der Waals surface area contributed by atoms with Crippen molar-refractivity contribution < 1.29 is 13.5 Å². The van der Waals surface area contributed by atoms with E-state index in [0.717, 1.165) is 0 Å². The van der Waals surface area contributed by atoms with Gasteiger partial charge in [-0.3, -0.25) is 4.68 Å². The van der Waals surface area contributed by atoms with Gasteiger partial charge in [-0.25, -0.2) is 13.4 Å². The average Bonchev–Trinajstić information content (AvgIpc) is 2.92. The summed E-state index contributed by atoms with van der Waals surface area (Å²) in [5, 5.41) is 20.5. The molecule has 0 fully saturated rings. The molecule has 10 heteroatoms. The zero-order valence-corrected chi connectivity index (χ0v) is 17.8. The standard InChI is InChI=1S/C14H27N5O3S.HI/c1-5-15-13(16-7-8-23(21,22)6-2)17-11-14(3,20)12-9-18-19(4)10-12;/h9-10,20H,5-8,11H2,1-4H3,(H2,15,16,17);1H. The smallest absolute Gasteiger partial charge is 0.191 e. The third-order valence-electron chi connectivity index (χ3n) is 3.36. The summed E-state index contributed by atoms with van der Waals surface area (Å²) in [5.74, 6) is 0.647. The summed E-state index contributed by atoms with van der Waals surface area (Å²) < 4.78 is 24.6. The van der Waals surface area contributed by atoms with Gasteiger partial charge in [0.2, 0.25) is 0 Å². The van der Waals surface area contributed by atoms with Crippen LogP contribution in [0.1, 0.15) is 26.3 Å². The van der Waals surface area contributed by atoms with Crippen molar-refractivity contribution >= 4 is 39.8 Å². The predicted molar refractivity (Wildman–Crippen MR) is 107 cm³/mol. The lowest BCUT2D eigenvalue weighted by Gasteiger charge is -2.20. The highest BCUT2D eigenvalue weighted by molar-refractivity contribution is 14.0. The molecule has 140 valence electrons. The number of guanidine groups is 1. The molecule has 0 aromatic carbocycles. The lowest BCUT2D eigenvalue weighted by atomic mass is 10.0. The Morgan fingerprint density at radius 1 is 1.42 bits per heavy atom. The number of aromatic nitrogens is 2. The maximum atomic E-state index is 11.5. The second-order valence-electron chi connectivity index (χ2n) is 5.53. The normalized spacial score (nSPS) is 14.6. The summed E-state index contributed by atoms with van der Waals surface area (Å²) >= 11 is 0. The SMILES string of the molecule is CCNC(=NCC(C)(O)c1cnn(C)c1)NCCS(=O)(=O)CC.I. The van der Waals surface area contributed by atoms with E-state index in [4.69, 9.17) is 0 Å². The fraction of sp³-hybridized carbons (Fsp3) is 0.714. The van der Waals surface area contributed by atoms with Crippen LogP contribution < -0.4 is 10.6 Å². The van der Waals surface area contributed by atoms with Crippen LogP contribution in [0.2, 0.25) is 0 Å². The quantitative estimate of drug-likeness (QED) is 0.284. The summed E-state index contributed by atoms with van der Waals surface area (Å²) in [6, 6.07) is 0. The molecule has 1 unspecified atom stereocenters. The fourth-order valence-electron chi connectivity index (χ4n) is 1.83. The van der Waals surface area contributed by atoms with Gasteiger partial charge in [0.05, 0.1) is 18.5 Å². The van der Waals surface area contributed by atoms with Crippen molar-refractivity contribution in [1.82, 2.24) is 20.4 Å². The molecule has 8 nitrogen and oxygen atoms in total. The highest BCUT2D eigenvalue weighted by Crippen LogP contribution is 2.19. The van der Waals surface area contributed by atoms with Crippen LogP contribution in [-0.2, 0) is 22.5 Å². The number of aliphatic imine (C=N–C) groups is 1. The number of aliphatic hydroxyl groups is 1. The van der Waals surface area contributed by atoms with Gasteiger partial charge < -0.3 is 15.7 Å². The number of halogens is 1. The third kappa shape index (κ3) is 7.79. The Morgan fingerprint density at radius 3 is 2.58 bits per heavy atom. The van der Waals surface area contributed by atoms with Crippen molar-refractivity contribution in [3.05, 3.63) is 18.0 Å². The van der Waals surface area contributed by atoms with Crippen LogP contribution in [-0.4, -0.2) is 60.4 Å². The Balaban J connectivity index is 0.00000529. The molecule has 0 aliphatic heterocycles. The van der Waals surface area contributed by atoms with Gasteiger partial charge in [-0.1, -0.05) is 6.92 Å². The first-order chi connectivity index (χ1) is 10.7. The van der Waals surface area contributed by atoms with Crippen molar-refractivity contribution in [3.8, 4) is 0 Å². The van der Waals surface area contributed by atoms with E-state index in [1.165, 1.54) is 0 Å². The molecule has 1 aromatic heterocycles. The fourth-order valence-corrected chi connectivity index (χ4v) is 2.54. The lowest BCUT2D eigenvalue weighted by Crippen LogP contribution is -2.41. The van der Waals surface area contributed by atoms with Gasteiger partial charge in [-0.2, -0.15) is 5.10 Å². The van der Waals surface area contributed by atoms with Crippen LogP contribution in [0.4, 0.5) is 0 Å². The minimum atomic E-state index is -3.02. The molecule has 24 heavy (non-hydrogen) atoms. The molecule has 3 N–H and O–H groups in total. The highest BCUT2D eigenvalue weighted by Gasteiger charge is 2.24. The van der Waals surface area contributed by atoms with E-state index in [1.807, 2.05) is 6.92 Å². The number of hydrogen-bond donors (Lipinski definition) is 3. The van der Waals surface area contributed by atoms with E-state index in [2.05, 4.69) is 20.7 Å². The average molecular weight is 473 g/mol. The van der Waals surface area contributed by atoms with Crippen LogP contribution in [0.25, 0.3) is 0 Å². The number of rotatable bonds is 8.